The minimum atomic E-state index is 0.700. The molecule has 1 aromatic carbocycles. The maximum absolute atomic E-state index is 5.46. The molecule has 0 radical (unpaired) electrons. The Kier molecular flexibility index (Phi) is 5.73. The lowest BCUT2D eigenvalue weighted by Crippen LogP contribution is -1.99. The highest BCUT2D eigenvalue weighted by molar-refractivity contribution is 9.10. The SMILES string of the molecule is CCOc1ccc(CCCCN)cc1Br. The van der Waals surface area contributed by atoms with Gasteiger partial charge in [0.1, 0.15) is 5.75 Å². The first kappa shape index (κ1) is 12.5. The number of hydrogen-bond acceptors (Lipinski definition) is 2. The number of halogens is 1. The Morgan fingerprint density at radius 2 is 2.13 bits per heavy atom. The van der Waals surface area contributed by atoms with E-state index in [1.54, 1.807) is 0 Å². The third-order valence-electron chi connectivity index (χ3n) is 2.22. The van der Waals surface area contributed by atoms with Crippen molar-refractivity contribution in [3.8, 4) is 5.75 Å². The van der Waals surface area contributed by atoms with Crippen molar-refractivity contribution in [3.05, 3.63) is 28.2 Å². The molecule has 0 fully saturated rings. The molecule has 0 heterocycles. The van der Waals surface area contributed by atoms with Gasteiger partial charge in [0.15, 0.2) is 0 Å². The number of aryl methyl sites for hydroxylation is 1. The average molecular weight is 272 g/mol. The van der Waals surface area contributed by atoms with Crippen molar-refractivity contribution in [1.82, 2.24) is 0 Å². The van der Waals surface area contributed by atoms with Crippen molar-refractivity contribution in [1.29, 1.82) is 0 Å². The maximum atomic E-state index is 5.46. The predicted octanol–water partition coefficient (Wildman–Crippen LogP) is 3.13. The lowest BCUT2D eigenvalue weighted by molar-refractivity contribution is 0.338. The number of rotatable bonds is 6. The van der Waals surface area contributed by atoms with Gasteiger partial charge in [-0.2, -0.15) is 0 Å². The molecule has 1 aromatic rings. The lowest BCUT2D eigenvalue weighted by Gasteiger charge is -2.07. The molecule has 0 amide bonds. The smallest absolute Gasteiger partial charge is 0.133 e. The van der Waals surface area contributed by atoms with Gasteiger partial charge in [0, 0.05) is 0 Å². The van der Waals surface area contributed by atoms with Crippen LogP contribution in [-0.4, -0.2) is 13.2 Å². The van der Waals surface area contributed by atoms with E-state index in [4.69, 9.17) is 10.5 Å². The van der Waals surface area contributed by atoms with E-state index < -0.39 is 0 Å². The fourth-order valence-electron chi connectivity index (χ4n) is 1.45. The zero-order valence-electron chi connectivity index (χ0n) is 9.13. The van der Waals surface area contributed by atoms with Crippen LogP contribution in [0.15, 0.2) is 22.7 Å². The van der Waals surface area contributed by atoms with E-state index in [1.807, 2.05) is 13.0 Å². The van der Waals surface area contributed by atoms with Crippen molar-refractivity contribution < 1.29 is 4.74 Å². The topological polar surface area (TPSA) is 35.2 Å². The van der Waals surface area contributed by atoms with Crippen LogP contribution < -0.4 is 10.5 Å². The first-order chi connectivity index (χ1) is 7.27. The van der Waals surface area contributed by atoms with E-state index in [1.165, 1.54) is 5.56 Å². The molecule has 3 heteroatoms. The van der Waals surface area contributed by atoms with Gasteiger partial charge in [-0.15, -0.1) is 0 Å². The zero-order valence-corrected chi connectivity index (χ0v) is 10.7. The monoisotopic (exact) mass is 271 g/mol. The van der Waals surface area contributed by atoms with Gasteiger partial charge in [-0.05, 0) is 66.4 Å². The van der Waals surface area contributed by atoms with E-state index in [0.29, 0.717) is 6.61 Å². The Morgan fingerprint density at radius 3 is 2.73 bits per heavy atom. The van der Waals surface area contributed by atoms with E-state index >= 15 is 0 Å². The standard InChI is InChI=1S/C12H18BrNO/c1-2-15-12-7-6-10(9-11(12)13)5-3-4-8-14/h6-7,9H,2-5,8,14H2,1H3. The van der Waals surface area contributed by atoms with Crippen LogP contribution in [0.3, 0.4) is 0 Å². The molecule has 0 saturated heterocycles. The summed E-state index contributed by atoms with van der Waals surface area (Å²) >= 11 is 3.51. The van der Waals surface area contributed by atoms with Gasteiger partial charge < -0.3 is 10.5 Å². The molecule has 0 aliphatic rings. The van der Waals surface area contributed by atoms with Crippen LogP contribution in [0, 0.1) is 0 Å². The second-order valence-corrected chi connectivity index (χ2v) is 4.30. The molecule has 15 heavy (non-hydrogen) atoms. The Morgan fingerprint density at radius 1 is 1.33 bits per heavy atom. The molecule has 84 valence electrons. The summed E-state index contributed by atoms with van der Waals surface area (Å²) in [5.41, 5.74) is 6.79. The van der Waals surface area contributed by atoms with Crippen molar-refractivity contribution in [2.45, 2.75) is 26.2 Å². The molecular weight excluding hydrogens is 254 g/mol. The quantitative estimate of drug-likeness (QED) is 0.807. The van der Waals surface area contributed by atoms with Crippen molar-refractivity contribution in [2.24, 2.45) is 5.73 Å². The number of hydrogen-bond donors (Lipinski definition) is 1. The molecular formula is C12H18BrNO. The first-order valence-corrected chi connectivity index (χ1v) is 6.18. The summed E-state index contributed by atoms with van der Waals surface area (Å²) in [6, 6.07) is 6.26. The molecule has 0 aliphatic carbocycles. The first-order valence-electron chi connectivity index (χ1n) is 5.39. The van der Waals surface area contributed by atoms with Gasteiger partial charge in [0.2, 0.25) is 0 Å². The number of nitrogens with two attached hydrogens (primary N) is 1. The van der Waals surface area contributed by atoms with E-state index in [9.17, 15) is 0 Å². The summed E-state index contributed by atoms with van der Waals surface area (Å²) in [4.78, 5) is 0. The normalized spacial score (nSPS) is 10.3. The van der Waals surface area contributed by atoms with Crippen LogP contribution in [0.1, 0.15) is 25.3 Å². The summed E-state index contributed by atoms with van der Waals surface area (Å²) < 4.78 is 6.49. The maximum Gasteiger partial charge on any atom is 0.133 e. The molecule has 0 aromatic heterocycles. The van der Waals surface area contributed by atoms with Crippen LogP contribution in [0.25, 0.3) is 0 Å². The van der Waals surface area contributed by atoms with Crippen molar-refractivity contribution >= 4 is 15.9 Å². The van der Waals surface area contributed by atoms with Gasteiger partial charge in [0.25, 0.3) is 0 Å². The number of benzene rings is 1. The second-order valence-electron chi connectivity index (χ2n) is 3.44. The lowest BCUT2D eigenvalue weighted by atomic mass is 10.1. The zero-order chi connectivity index (χ0) is 11.1. The highest BCUT2D eigenvalue weighted by atomic mass is 79.9. The van der Waals surface area contributed by atoms with Gasteiger partial charge >= 0.3 is 0 Å². The summed E-state index contributed by atoms with van der Waals surface area (Å²) in [5, 5.41) is 0. The van der Waals surface area contributed by atoms with Crippen LogP contribution in [0.5, 0.6) is 5.75 Å². The molecule has 0 bridgehead atoms. The summed E-state index contributed by atoms with van der Waals surface area (Å²) in [6.45, 7) is 3.46. The molecule has 0 unspecified atom stereocenters. The molecule has 1 rings (SSSR count). The minimum absolute atomic E-state index is 0.700. The molecule has 0 saturated carbocycles. The van der Waals surface area contributed by atoms with Crippen LogP contribution >= 0.6 is 15.9 Å². The predicted molar refractivity (Wildman–Crippen MR) is 67.3 cm³/mol. The second kappa shape index (κ2) is 6.85. The molecule has 0 spiro atoms. The Labute approximate surface area is 99.9 Å². The van der Waals surface area contributed by atoms with Crippen LogP contribution in [-0.2, 0) is 6.42 Å². The van der Waals surface area contributed by atoms with Gasteiger partial charge in [-0.25, -0.2) is 0 Å². The number of unbranched alkanes of at least 4 members (excludes halogenated alkanes) is 1. The Bertz CT molecular complexity index is 302. The van der Waals surface area contributed by atoms with E-state index in [-0.39, 0.29) is 0 Å². The molecule has 0 atom stereocenters. The Balaban J connectivity index is 2.56. The van der Waals surface area contributed by atoms with E-state index in [0.717, 1.165) is 36.0 Å². The molecule has 2 N–H and O–H groups in total. The van der Waals surface area contributed by atoms with Crippen LogP contribution in [0.2, 0.25) is 0 Å². The number of ether oxygens (including phenoxy) is 1. The van der Waals surface area contributed by atoms with Crippen LogP contribution in [0.4, 0.5) is 0 Å². The average Bonchev–Trinajstić information content (AvgIpc) is 2.23. The third kappa shape index (κ3) is 4.22. The van der Waals surface area contributed by atoms with Gasteiger partial charge in [0.05, 0.1) is 11.1 Å². The van der Waals surface area contributed by atoms with Crippen molar-refractivity contribution in [3.63, 3.8) is 0 Å². The molecule has 0 aliphatic heterocycles. The highest BCUT2D eigenvalue weighted by Crippen LogP contribution is 2.26. The minimum Gasteiger partial charge on any atom is -0.493 e. The van der Waals surface area contributed by atoms with Gasteiger partial charge in [-0.1, -0.05) is 6.07 Å². The largest absolute Gasteiger partial charge is 0.493 e. The fraction of sp³-hybridized carbons (Fsp3) is 0.500. The summed E-state index contributed by atoms with van der Waals surface area (Å²) in [6.07, 6.45) is 3.32. The Hall–Kier alpha value is -0.540. The summed E-state index contributed by atoms with van der Waals surface area (Å²) in [7, 11) is 0. The third-order valence-corrected chi connectivity index (χ3v) is 2.84. The molecule has 2 nitrogen and oxygen atoms in total. The summed E-state index contributed by atoms with van der Waals surface area (Å²) in [5.74, 6) is 0.917. The van der Waals surface area contributed by atoms with E-state index in [2.05, 4.69) is 28.1 Å². The van der Waals surface area contributed by atoms with Crippen molar-refractivity contribution in [2.75, 3.05) is 13.2 Å². The van der Waals surface area contributed by atoms with Gasteiger partial charge in [-0.3, -0.25) is 0 Å². The fourth-order valence-corrected chi connectivity index (χ4v) is 1.99. The highest BCUT2D eigenvalue weighted by Gasteiger charge is 2.01.